The van der Waals surface area contributed by atoms with Crippen molar-refractivity contribution < 1.29 is 14.2 Å². The predicted octanol–water partition coefficient (Wildman–Crippen LogP) is 3.85. The SMILES string of the molecule is COc1ccc(CN(C)[C@H]2CCCN(CCc3ccccc3)C2)c(OC)c1OC. The quantitative estimate of drug-likeness (QED) is 0.641. The highest BCUT2D eigenvalue weighted by Gasteiger charge is 2.25. The van der Waals surface area contributed by atoms with Crippen LogP contribution in [0, 0.1) is 0 Å². The van der Waals surface area contributed by atoms with Gasteiger partial charge >= 0.3 is 0 Å². The molecule has 3 rings (SSSR count). The van der Waals surface area contributed by atoms with Gasteiger partial charge in [0.1, 0.15) is 0 Å². The van der Waals surface area contributed by atoms with E-state index < -0.39 is 0 Å². The maximum atomic E-state index is 5.66. The van der Waals surface area contributed by atoms with Crippen LogP contribution >= 0.6 is 0 Å². The van der Waals surface area contributed by atoms with Gasteiger partial charge in [-0.3, -0.25) is 4.90 Å². The number of likely N-dealkylation sites (N-methyl/N-ethyl adjacent to an activating group) is 1. The number of methoxy groups -OCH3 is 3. The summed E-state index contributed by atoms with van der Waals surface area (Å²) >= 11 is 0. The summed E-state index contributed by atoms with van der Waals surface area (Å²) in [5.41, 5.74) is 2.53. The molecule has 1 saturated heterocycles. The van der Waals surface area contributed by atoms with E-state index in [-0.39, 0.29) is 0 Å². The third-order valence-corrected chi connectivity index (χ3v) is 5.87. The lowest BCUT2D eigenvalue weighted by Crippen LogP contribution is -2.46. The summed E-state index contributed by atoms with van der Waals surface area (Å²) < 4.78 is 16.6. The second kappa shape index (κ2) is 10.5. The van der Waals surface area contributed by atoms with Crippen LogP contribution in [0.5, 0.6) is 17.2 Å². The fourth-order valence-corrected chi connectivity index (χ4v) is 4.21. The van der Waals surface area contributed by atoms with Gasteiger partial charge in [0.25, 0.3) is 0 Å². The van der Waals surface area contributed by atoms with Crippen molar-refractivity contribution in [1.82, 2.24) is 9.80 Å². The Bertz CT molecular complexity index is 766. The molecule has 5 heteroatoms. The van der Waals surface area contributed by atoms with E-state index in [1.807, 2.05) is 6.07 Å². The molecule has 5 nitrogen and oxygen atoms in total. The van der Waals surface area contributed by atoms with E-state index in [1.165, 1.54) is 24.9 Å². The number of hydrogen-bond donors (Lipinski definition) is 0. The van der Waals surface area contributed by atoms with Crippen LogP contribution in [0.3, 0.4) is 0 Å². The molecule has 1 fully saturated rings. The Morgan fingerprint density at radius 1 is 0.966 bits per heavy atom. The molecule has 0 amide bonds. The minimum Gasteiger partial charge on any atom is -0.493 e. The van der Waals surface area contributed by atoms with Crippen LogP contribution in [0.1, 0.15) is 24.0 Å². The maximum absolute atomic E-state index is 5.66. The zero-order valence-electron chi connectivity index (χ0n) is 18.2. The van der Waals surface area contributed by atoms with Gasteiger partial charge in [0.05, 0.1) is 21.3 Å². The van der Waals surface area contributed by atoms with Gasteiger partial charge in [-0.1, -0.05) is 36.4 Å². The first-order valence-electron chi connectivity index (χ1n) is 10.4. The lowest BCUT2D eigenvalue weighted by atomic mass is 10.0. The number of ether oxygens (including phenoxy) is 3. The molecule has 1 aliphatic heterocycles. The lowest BCUT2D eigenvalue weighted by molar-refractivity contribution is 0.112. The van der Waals surface area contributed by atoms with Crippen LogP contribution in [0.4, 0.5) is 0 Å². The number of piperidine rings is 1. The fourth-order valence-electron chi connectivity index (χ4n) is 4.21. The van der Waals surface area contributed by atoms with Gasteiger partial charge in [0.2, 0.25) is 5.75 Å². The molecule has 0 aromatic heterocycles. The number of rotatable bonds is 9. The first-order valence-corrected chi connectivity index (χ1v) is 10.4. The first-order chi connectivity index (χ1) is 14.2. The molecule has 29 heavy (non-hydrogen) atoms. The molecule has 158 valence electrons. The van der Waals surface area contributed by atoms with Crippen molar-refractivity contribution >= 4 is 0 Å². The molecule has 0 N–H and O–H groups in total. The molecule has 0 saturated carbocycles. The molecule has 1 aliphatic rings. The molecule has 0 spiro atoms. The molecule has 1 heterocycles. The van der Waals surface area contributed by atoms with Crippen molar-refractivity contribution in [3.05, 3.63) is 53.6 Å². The van der Waals surface area contributed by atoms with E-state index in [9.17, 15) is 0 Å². The van der Waals surface area contributed by atoms with Crippen molar-refractivity contribution in [1.29, 1.82) is 0 Å². The Morgan fingerprint density at radius 2 is 1.72 bits per heavy atom. The van der Waals surface area contributed by atoms with E-state index in [2.05, 4.69) is 53.2 Å². The van der Waals surface area contributed by atoms with Gasteiger partial charge in [-0.15, -0.1) is 0 Å². The summed E-state index contributed by atoms with van der Waals surface area (Å²) in [6, 6.07) is 15.3. The van der Waals surface area contributed by atoms with Gasteiger partial charge in [-0.2, -0.15) is 0 Å². The van der Waals surface area contributed by atoms with Crippen molar-refractivity contribution in [2.24, 2.45) is 0 Å². The van der Waals surface area contributed by atoms with Crippen LogP contribution in [-0.2, 0) is 13.0 Å². The van der Waals surface area contributed by atoms with Gasteiger partial charge in [0, 0.05) is 31.2 Å². The van der Waals surface area contributed by atoms with E-state index in [0.29, 0.717) is 17.5 Å². The summed E-state index contributed by atoms with van der Waals surface area (Å²) in [4.78, 5) is 5.04. The number of benzene rings is 2. The summed E-state index contributed by atoms with van der Waals surface area (Å²) in [5, 5.41) is 0. The van der Waals surface area contributed by atoms with Crippen LogP contribution in [0.15, 0.2) is 42.5 Å². The predicted molar refractivity (Wildman–Crippen MR) is 117 cm³/mol. The summed E-state index contributed by atoms with van der Waals surface area (Å²) in [5.74, 6) is 2.12. The Morgan fingerprint density at radius 3 is 2.41 bits per heavy atom. The topological polar surface area (TPSA) is 34.2 Å². The van der Waals surface area contributed by atoms with Crippen molar-refractivity contribution in [2.45, 2.75) is 31.8 Å². The average Bonchev–Trinajstić information content (AvgIpc) is 2.78. The fraction of sp³-hybridized carbons (Fsp3) is 0.500. The van der Waals surface area contributed by atoms with Crippen molar-refractivity contribution in [3.8, 4) is 17.2 Å². The van der Waals surface area contributed by atoms with Gasteiger partial charge in [0.15, 0.2) is 11.5 Å². The highest BCUT2D eigenvalue weighted by molar-refractivity contribution is 5.55. The largest absolute Gasteiger partial charge is 0.493 e. The van der Waals surface area contributed by atoms with Crippen LogP contribution in [-0.4, -0.2) is 63.9 Å². The molecule has 0 bridgehead atoms. The zero-order chi connectivity index (χ0) is 20.6. The van der Waals surface area contributed by atoms with Gasteiger partial charge in [-0.05, 0) is 44.5 Å². The van der Waals surface area contributed by atoms with Crippen LogP contribution in [0.2, 0.25) is 0 Å². The smallest absolute Gasteiger partial charge is 0.203 e. The zero-order valence-corrected chi connectivity index (χ0v) is 18.2. The van der Waals surface area contributed by atoms with Crippen LogP contribution < -0.4 is 14.2 Å². The molecule has 2 aromatic carbocycles. The Balaban J connectivity index is 1.62. The monoisotopic (exact) mass is 398 g/mol. The number of hydrogen-bond acceptors (Lipinski definition) is 5. The first kappa shape index (κ1) is 21.5. The second-order valence-electron chi connectivity index (χ2n) is 7.74. The van der Waals surface area contributed by atoms with E-state index in [4.69, 9.17) is 14.2 Å². The third kappa shape index (κ3) is 5.43. The Labute approximate surface area is 175 Å². The highest BCUT2D eigenvalue weighted by Crippen LogP contribution is 2.40. The molecular formula is C24H34N2O3. The number of nitrogens with zero attached hydrogens (tertiary/aromatic N) is 2. The van der Waals surface area contributed by atoms with Crippen molar-refractivity contribution in [2.75, 3.05) is 48.0 Å². The maximum Gasteiger partial charge on any atom is 0.203 e. The summed E-state index contributed by atoms with van der Waals surface area (Å²) in [7, 11) is 7.20. The van der Waals surface area contributed by atoms with Gasteiger partial charge in [-0.25, -0.2) is 0 Å². The molecule has 1 atom stereocenters. The van der Waals surface area contributed by atoms with E-state index in [0.717, 1.165) is 37.4 Å². The molecule has 0 radical (unpaired) electrons. The molecule has 2 aromatic rings. The average molecular weight is 399 g/mol. The third-order valence-electron chi connectivity index (χ3n) is 5.87. The minimum absolute atomic E-state index is 0.539. The van der Waals surface area contributed by atoms with Gasteiger partial charge < -0.3 is 19.1 Å². The van der Waals surface area contributed by atoms with Crippen LogP contribution in [0.25, 0.3) is 0 Å². The highest BCUT2D eigenvalue weighted by atomic mass is 16.5. The van der Waals surface area contributed by atoms with E-state index in [1.54, 1.807) is 21.3 Å². The normalized spacial score (nSPS) is 17.3. The molecule has 0 aliphatic carbocycles. The second-order valence-corrected chi connectivity index (χ2v) is 7.74. The lowest BCUT2D eigenvalue weighted by Gasteiger charge is -2.38. The molecular weight excluding hydrogens is 364 g/mol. The van der Waals surface area contributed by atoms with E-state index >= 15 is 0 Å². The summed E-state index contributed by atoms with van der Waals surface area (Å²) in [6.45, 7) is 4.24. The Kier molecular flexibility index (Phi) is 7.78. The Hall–Kier alpha value is -2.24. The minimum atomic E-state index is 0.539. The molecule has 0 unspecified atom stereocenters. The number of likely N-dealkylation sites (tertiary alicyclic amines) is 1. The summed E-state index contributed by atoms with van der Waals surface area (Å²) in [6.07, 6.45) is 3.58. The standard InChI is InChI=1S/C24H34N2O3/c1-25(17-20-12-13-22(27-2)24(29-4)23(20)28-3)21-11-8-15-26(18-21)16-14-19-9-6-5-7-10-19/h5-7,9-10,12-13,21H,8,11,14-18H2,1-4H3/t21-/m0/s1. The van der Waals surface area contributed by atoms with Crippen molar-refractivity contribution in [3.63, 3.8) is 0 Å².